The molecule has 1 saturated heterocycles. The first kappa shape index (κ1) is 21.3. The van der Waals surface area contributed by atoms with Gasteiger partial charge in [-0.3, -0.25) is 0 Å². The molecule has 0 amide bonds. The highest BCUT2D eigenvalue weighted by Gasteiger charge is 2.33. The molecule has 0 atom stereocenters. The summed E-state index contributed by atoms with van der Waals surface area (Å²) in [6.45, 7) is 5.34. The van der Waals surface area contributed by atoms with Gasteiger partial charge in [0.05, 0.1) is 20.9 Å². The minimum atomic E-state index is -3.60. The van der Waals surface area contributed by atoms with Crippen molar-refractivity contribution in [2.24, 2.45) is 0 Å². The fourth-order valence-electron chi connectivity index (χ4n) is 3.91. The molecule has 0 unspecified atom stereocenters. The molecule has 0 aliphatic carbocycles. The summed E-state index contributed by atoms with van der Waals surface area (Å²) < 4.78 is 39.2. The van der Waals surface area contributed by atoms with E-state index in [0.717, 1.165) is 28.5 Å². The van der Waals surface area contributed by atoms with Crippen LogP contribution in [0.2, 0.25) is 5.02 Å². The Morgan fingerprint density at radius 1 is 1.10 bits per heavy atom. The molecule has 0 bridgehead atoms. The average molecular weight is 465 g/mol. The van der Waals surface area contributed by atoms with Gasteiger partial charge < -0.3 is 4.90 Å². The zero-order valence-electron chi connectivity index (χ0n) is 16.7. The Morgan fingerprint density at radius 3 is 2.40 bits per heavy atom. The number of rotatable bonds is 4. The molecule has 0 N–H and O–H groups in total. The average Bonchev–Trinajstić information content (AvgIpc) is 3.17. The van der Waals surface area contributed by atoms with Gasteiger partial charge in [-0.15, -0.1) is 11.3 Å². The fourth-order valence-corrected chi connectivity index (χ4v) is 7.06. The molecule has 1 aliphatic heterocycles. The van der Waals surface area contributed by atoms with Crippen LogP contribution in [-0.2, 0) is 9.84 Å². The van der Waals surface area contributed by atoms with E-state index in [-0.39, 0.29) is 9.92 Å². The summed E-state index contributed by atoms with van der Waals surface area (Å²) in [7, 11) is -3.60. The molecule has 0 spiro atoms. The summed E-state index contributed by atoms with van der Waals surface area (Å²) in [5.41, 5.74) is 4.43. The Balaban J connectivity index is 1.48. The van der Waals surface area contributed by atoms with Crippen LogP contribution in [0.5, 0.6) is 0 Å². The molecular weight excluding hydrogens is 443 g/mol. The lowest BCUT2D eigenvalue weighted by molar-refractivity contribution is 0.529. The molecule has 2 aromatic carbocycles. The third-order valence-corrected chi connectivity index (χ3v) is 9.01. The summed E-state index contributed by atoms with van der Waals surface area (Å²) in [6, 6.07) is 9.82. The van der Waals surface area contributed by atoms with Gasteiger partial charge in [0.1, 0.15) is 5.82 Å². The van der Waals surface area contributed by atoms with E-state index < -0.39 is 20.9 Å². The molecule has 0 saturated carbocycles. The van der Waals surface area contributed by atoms with E-state index in [1.54, 1.807) is 11.3 Å². The third-order valence-electron chi connectivity index (χ3n) is 5.36. The summed E-state index contributed by atoms with van der Waals surface area (Å²) >= 11 is 7.58. The van der Waals surface area contributed by atoms with Crippen LogP contribution in [0.3, 0.4) is 0 Å². The SMILES string of the molecule is Cc1cc(C)cc(-c2csc(N3CCC(S(=O)(=O)c4ccc(F)cc4Cl)CC3)n2)c1. The van der Waals surface area contributed by atoms with Gasteiger partial charge in [-0.25, -0.2) is 17.8 Å². The van der Waals surface area contributed by atoms with Gasteiger partial charge in [0.25, 0.3) is 0 Å². The van der Waals surface area contributed by atoms with Crippen LogP contribution in [0.1, 0.15) is 24.0 Å². The van der Waals surface area contributed by atoms with Crippen LogP contribution in [0.4, 0.5) is 9.52 Å². The Bertz CT molecular complexity index is 1170. The maximum Gasteiger partial charge on any atom is 0.185 e. The van der Waals surface area contributed by atoms with Gasteiger partial charge in [0, 0.05) is 24.0 Å². The number of hydrogen-bond donors (Lipinski definition) is 0. The van der Waals surface area contributed by atoms with Crippen LogP contribution >= 0.6 is 22.9 Å². The second-order valence-electron chi connectivity index (χ2n) is 7.70. The predicted molar refractivity (Wildman–Crippen MR) is 121 cm³/mol. The van der Waals surface area contributed by atoms with Crippen molar-refractivity contribution in [2.75, 3.05) is 18.0 Å². The van der Waals surface area contributed by atoms with Crippen molar-refractivity contribution in [1.29, 1.82) is 0 Å². The zero-order valence-corrected chi connectivity index (χ0v) is 19.1. The lowest BCUT2D eigenvalue weighted by atomic mass is 10.1. The standard InChI is InChI=1S/C22H22ClFN2O2S2/c1-14-9-15(2)11-16(10-14)20-13-29-22(25-20)26-7-5-18(6-8-26)30(27,28)21-4-3-17(24)12-19(21)23/h3-4,9-13,18H,5-8H2,1-2H3. The van der Waals surface area contributed by atoms with Crippen LogP contribution in [0.15, 0.2) is 46.7 Å². The number of benzene rings is 2. The normalized spacial score (nSPS) is 15.5. The topological polar surface area (TPSA) is 50.3 Å². The van der Waals surface area contributed by atoms with E-state index >= 15 is 0 Å². The van der Waals surface area contributed by atoms with E-state index in [2.05, 4.69) is 36.9 Å². The number of halogens is 2. The molecule has 2 heterocycles. The molecule has 1 aromatic heterocycles. The molecule has 4 nitrogen and oxygen atoms in total. The highest BCUT2D eigenvalue weighted by molar-refractivity contribution is 7.92. The maximum atomic E-state index is 13.3. The molecule has 1 fully saturated rings. The molecule has 4 rings (SSSR count). The molecule has 8 heteroatoms. The van der Waals surface area contributed by atoms with Gasteiger partial charge in [-0.2, -0.15) is 0 Å². The van der Waals surface area contributed by atoms with Crippen molar-refractivity contribution >= 4 is 37.9 Å². The summed E-state index contributed by atoms with van der Waals surface area (Å²) in [4.78, 5) is 6.93. The monoisotopic (exact) mass is 464 g/mol. The Kier molecular flexibility index (Phi) is 5.88. The van der Waals surface area contributed by atoms with E-state index in [9.17, 15) is 12.8 Å². The molecule has 30 heavy (non-hydrogen) atoms. The summed E-state index contributed by atoms with van der Waals surface area (Å²) in [6.07, 6.45) is 0.961. The molecule has 0 radical (unpaired) electrons. The van der Waals surface area contributed by atoms with E-state index in [4.69, 9.17) is 16.6 Å². The van der Waals surface area contributed by atoms with Crippen LogP contribution in [0, 0.1) is 19.7 Å². The minimum Gasteiger partial charge on any atom is -0.348 e. The number of anilines is 1. The Labute approximate surface area is 185 Å². The number of piperidine rings is 1. The fraction of sp³-hybridized carbons (Fsp3) is 0.318. The van der Waals surface area contributed by atoms with E-state index in [1.165, 1.54) is 17.2 Å². The summed E-state index contributed by atoms with van der Waals surface area (Å²) in [5.74, 6) is -0.544. The summed E-state index contributed by atoms with van der Waals surface area (Å²) in [5, 5.41) is 2.36. The van der Waals surface area contributed by atoms with E-state index in [1.807, 2.05) is 5.38 Å². The maximum absolute atomic E-state index is 13.3. The lowest BCUT2D eigenvalue weighted by Crippen LogP contribution is -2.39. The van der Waals surface area contributed by atoms with Crippen LogP contribution in [-0.4, -0.2) is 31.7 Å². The number of sulfone groups is 1. The van der Waals surface area contributed by atoms with E-state index in [0.29, 0.717) is 25.9 Å². The number of aryl methyl sites for hydroxylation is 2. The number of hydrogen-bond acceptors (Lipinski definition) is 5. The lowest BCUT2D eigenvalue weighted by Gasteiger charge is -2.31. The van der Waals surface area contributed by atoms with Gasteiger partial charge in [-0.05, 0) is 57.0 Å². The predicted octanol–water partition coefficient (Wildman–Crippen LogP) is 5.66. The van der Waals surface area contributed by atoms with Crippen molar-refractivity contribution in [1.82, 2.24) is 4.98 Å². The number of aromatic nitrogens is 1. The molecule has 3 aromatic rings. The van der Waals surface area contributed by atoms with Gasteiger partial charge >= 0.3 is 0 Å². The van der Waals surface area contributed by atoms with Crippen LogP contribution < -0.4 is 4.90 Å². The first-order valence-corrected chi connectivity index (χ1v) is 12.5. The minimum absolute atomic E-state index is 0.00960. The van der Waals surface area contributed by atoms with Crippen molar-refractivity contribution in [3.63, 3.8) is 0 Å². The van der Waals surface area contributed by atoms with Crippen molar-refractivity contribution < 1.29 is 12.8 Å². The van der Waals surface area contributed by atoms with Crippen LogP contribution in [0.25, 0.3) is 11.3 Å². The Morgan fingerprint density at radius 2 is 1.77 bits per heavy atom. The highest BCUT2D eigenvalue weighted by Crippen LogP contribution is 2.34. The van der Waals surface area contributed by atoms with Gasteiger partial charge in [-0.1, -0.05) is 28.8 Å². The number of thiazole rings is 1. The molecule has 158 valence electrons. The van der Waals surface area contributed by atoms with Gasteiger partial charge in [0.15, 0.2) is 15.0 Å². The third kappa shape index (κ3) is 4.24. The van der Waals surface area contributed by atoms with Crippen molar-refractivity contribution in [3.05, 3.63) is 63.7 Å². The Hall–Kier alpha value is -1.96. The molecule has 1 aliphatic rings. The first-order chi connectivity index (χ1) is 14.2. The van der Waals surface area contributed by atoms with Crippen molar-refractivity contribution in [3.8, 4) is 11.3 Å². The highest BCUT2D eigenvalue weighted by atomic mass is 35.5. The van der Waals surface area contributed by atoms with Gasteiger partial charge in [0.2, 0.25) is 0 Å². The smallest absolute Gasteiger partial charge is 0.185 e. The molecular formula is C22H22ClFN2O2S2. The zero-order chi connectivity index (χ0) is 21.5. The second kappa shape index (κ2) is 8.29. The largest absolute Gasteiger partial charge is 0.348 e. The number of nitrogens with zero attached hydrogens (tertiary/aromatic N) is 2. The first-order valence-electron chi connectivity index (χ1n) is 9.72. The quantitative estimate of drug-likeness (QED) is 0.467. The van der Waals surface area contributed by atoms with Crippen molar-refractivity contribution in [2.45, 2.75) is 36.8 Å². The second-order valence-corrected chi connectivity index (χ2v) is 11.1.